The van der Waals surface area contributed by atoms with Gasteiger partial charge in [-0.3, -0.25) is 14.9 Å². The summed E-state index contributed by atoms with van der Waals surface area (Å²) in [5.41, 5.74) is -1.13. The molecule has 0 aliphatic heterocycles. The fourth-order valence-corrected chi connectivity index (χ4v) is 2.25. The number of hydrogen-bond acceptors (Lipinski definition) is 4. The third-order valence-electron chi connectivity index (χ3n) is 3.10. The third kappa shape index (κ3) is 2.85. The number of halogens is 3. The number of hydrogen-bond donors (Lipinski definition) is 0. The number of alkyl halides is 3. The molecule has 0 fully saturated rings. The molecule has 0 aliphatic rings. The summed E-state index contributed by atoms with van der Waals surface area (Å²) in [5.74, 6) is -1.23. The minimum absolute atomic E-state index is 0.00229. The van der Waals surface area contributed by atoms with E-state index >= 15 is 0 Å². The van der Waals surface area contributed by atoms with Crippen LogP contribution in [0.2, 0.25) is 0 Å². The zero-order valence-corrected chi connectivity index (χ0v) is 11.3. The van der Waals surface area contributed by atoms with E-state index in [1.165, 1.54) is 24.3 Å². The Morgan fingerprint density at radius 1 is 1.23 bits per heavy atom. The molecule has 0 bridgehead atoms. The number of methoxy groups -OCH3 is 1. The van der Waals surface area contributed by atoms with Crippen LogP contribution in [-0.4, -0.2) is 24.4 Å². The molecule has 0 spiro atoms. The van der Waals surface area contributed by atoms with Crippen molar-refractivity contribution in [2.24, 2.45) is 0 Å². The lowest BCUT2D eigenvalue weighted by Gasteiger charge is -2.15. The van der Waals surface area contributed by atoms with Gasteiger partial charge in [-0.05, 0) is 22.9 Å². The first kappa shape index (κ1) is 15.7. The summed E-state index contributed by atoms with van der Waals surface area (Å²) in [6.07, 6.45) is -4.68. The summed E-state index contributed by atoms with van der Waals surface area (Å²) >= 11 is 0. The van der Waals surface area contributed by atoms with E-state index in [1.54, 1.807) is 0 Å². The Labute approximate surface area is 122 Å². The second-order valence-electron chi connectivity index (χ2n) is 4.46. The van der Waals surface area contributed by atoms with E-state index in [9.17, 15) is 28.1 Å². The number of nitrogens with zero attached hydrogens (tertiary/aromatic N) is 1. The van der Waals surface area contributed by atoms with Crippen LogP contribution in [0.4, 0.5) is 13.2 Å². The monoisotopic (exact) mass is 313 g/mol. The molecule has 0 aliphatic carbocycles. The van der Waals surface area contributed by atoms with Gasteiger partial charge in [0.05, 0.1) is 7.11 Å². The van der Waals surface area contributed by atoms with Crippen molar-refractivity contribution < 1.29 is 27.6 Å². The van der Waals surface area contributed by atoms with Gasteiger partial charge >= 0.3 is 6.18 Å². The molecule has 0 unspecified atom stereocenters. The van der Waals surface area contributed by atoms with Crippen LogP contribution in [0.3, 0.4) is 0 Å². The maximum absolute atomic E-state index is 13.2. The van der Waals surface area contributed by atoms with Crippen LogP contribution in [0.15, 0.2) is 30.3 Å². The number of fused-ring (bicyclic) bond motifs is 1. The van der Waals surface area contributed by atoms with E-state index in [4.69, 9.17) is 4.74 Å². The molecule has 0 radical (unpaired) electrons. The molecule has 0 aromatic heterocycles. The largest absolute Gasteiger partial charge is 0.496 e. The Morgan fingerprint density at radius 2 is 1.91 bits per heavy atom. The summed E-state index contributed by atoms with van der Waals surface area (Å²) in [7, 11) is 1.11. The zero-order valence-electron chi connectivity index (χ0n) is 11.3. The van der Waals surface area contributed by atoms with E-state index < -0.39 is 29.0 Å². The van der Waals surface area contributed by atoms with Crippen LogP contribution in [0, 0.1) is 10.1 Å². The Hall–Kier alpha value is -2.64. The van der Waals surface area contributed by atoms with Gasteiger partial charge in [-0.2, -0.15) is 13.2 Å². The number of ketones is 1. The van der Waals surface area contributed by atoms with Crippen molar-refractivity contribution in [3.8, 4) is 5.75 Å². The number of carbonyl (C=O) groups excluding carboxylic acids is 1. The first-order valence-corrected chi connectivity index (χ1v) is 6.07. The van der Waals surface area contributed by atoms with Crippen molar-refractivity contribution >= 4 is 16.6 Å². The molecular weight excluding hydrogens is 303 g/mol. The normalized spacial score (nSPS) is 11.5. The number of ether oxygens (including phenoxy) is 1. The van der Waals surface area contributed by atoms with Gasteiger partial charge < -0.3 is 4.74 Å². The van der Waals surface area contributed by atoms with Crippen LogP contribution in [0.5, 0.6) is 5.75 Å². The summed E-state index contributed by atoms with van der Waals surface area (Å²) in [6.45, 7) is -0.980. The summed E-state index contributed by atoms with van der Waals surface area (Å²) in [6, 6.07) is 6.10. The minimum Gasteiger partial charge on any atom is -0.496 e. The Kier molecular flexibility index (Phi) is 4.03. The molecular formula is C14H10F3NO4. The predicted molar refractivity (Wildman–Crippen MR) is 71.7 cm³/mol. The first-order chi connectivity index (χ1) is 10.3. The molecule has 2 rings (SSSR count). The Bertz CT molecular complexity index is 756. The van der Waals surface area contributed by atoms with E-state index in [0.29, 0.717) is 0 Å². The Balaban J connectivity index is 2.75. The molecule has 0 atom stereocenters. The summed E-state index contributed by atoms with van der Waals surface area (Å²) in [4.78, 5) is 21.4. The highest BCUT2D eigenvalue weighted by Crippen LogP contribution is 2.41. The van der Waals surface area contributed by atoms with Gasteiger partial charge in [0.25, 0.3) is 6.54 Å². The van der Waals surface area contributed by atoms with Gasteiger partial charge in [0.2, 0.25) is 5.78 Å². The third-order valence-corrected chi connectivity index (χ3v) is 3.10. The number of carbonyl (C=O) groups is 1. The zero-order chi connectivity index (χ0) is 16.5. The van der Waals surface area contributed by atoms with Crippen molar-refractivity contribution in [2.45, 2.75) is 6.18 Å². The van der Waals surface area contributed by atoms with Crippen LogP contribution in [-0.2, 0) is 6.18 Å². The second-order valence-corrected chi connectivity index (χ2v) is 4.46. The molecule has 2 aromatic carbocycles. The molecule has 2 aromatic rings. The highest BCUT2D eigenvalue weighted by atomic mass is 19.4. The molecule has 0 saturated heterocycles. The van der Waals surface area contributed by atoms with Crippen LogP contribution >= 0.6 is 0 Å². The molecule has 5 nitrogen and oxygen atoms in total. The van der Waals surface area contributed by atoms with Gasteiger partial charge in [-0.25, -0.2) is 0 Å². The number of Topliss-reactive ketones (excluding diaryl/α,β-unsaturated/α-hetero) is 1. The molecule has 0 amide bonds. The summed E-state index contributed by atoms with van der Waals surface area (Å²) in [5, 5.41) is 10.2. The lowest BCUT2D eigenvalue weighted by Crippen LogP contribution is -2.15. The highest BCUT2D eigenvalue weighted by molar-refractivity contribution is 6.09. The van der Waals surface area contributed by atoms with E-state index in [0.717, 1.165) is 13.2 Å². The fourth-order valence-electron chi connectivity index (χ4n) is 2.25. The lowest BCUT2D eigenvalue weighted by molar-refractivity contribution is -0.465. The molecule has 0 saturated carbocycles. The maximum Gasteiger partial charge on any atom is 0.420 e. The van der Waals surface area contributed by atoms with Gasteiger partial charge in [0.15, 0.2) is 0 Å². The predicted octanol–water partition coefficient (Wildman–Crippen LogP) is 3.33. The van der Waals surface area contributed by atoms with Crippen LogP contribution in [0.1, 0.15) is 15.9 Å². The first-order valence-electron chi connectivity index (χ1n) is 6.07. The fraction of sp³-hybridized carbons (Fsp3) is 0.214. The molecule has 0 heterocycles. The van der Waals surface area contributed by atoms with Crippen molar-refractivity contribution in [1.82, 2.24) is 0 Å². The van der Waals surface area contributed by atoms with E-state index in [2.05, 4.69) is 0 Å². The molecule has 0 N–H and O–H groups in total. The summed E-state index contributed by atoms with van der Waals surface area (Å²) < 4.78 is 44.4. The van der Waals surface area contributed by atoms with Gasteiger partial charge in [0, 0.05) is 10.5 Å². The van der Waals surface area contributed by atoms with Crippen molar-refractivity contribution in [3.63, 3.8) is 0 Å². The highest BCUT2D eigenvalue weighted by Gasteiger charge is 2.36. The smallest absolute Gasteiger partial charge is 0.420 e. The van der Waals surface area contributed by atoms with Crippen LogP contribution < -0.4 is 4.74 Å². The Morgan fingerprint density at radius 3 is 2.45 bits per heavy atom. The molecule has 8 heteroatoms. The SMILES string of the molecule is COc1ccc2c(C(=O)C[N+](=O)[O-])cccc2c1C(F)(F)F. The van der Waals surface area contributed by atoms with Gasteiger partial charge in [-0.15, -0.1) is 0 Å². The number of nitro groups is 1. The lowest BCUT2D eigenvalue weighted by atomic mass is 9.97. The number of rotatable bonds is 4. The quantitative estimate of drug-likeness (QED) is 0.493. The van der Waals surface area contributed by atoms with Gasteiger partial charge in [0.1, 0.15) is 11.3 Å². The molecule has 116 valence electrons. The van der Waals surface area contributed by atoms with E-state index in [1.807, 2.05) is 0 Å². The van der Waals surface area contributed by atoms with Crippen molar-refractivity contribution in [3.05, 3.63) is 51.6 Å². The van der Waals surface area contributed by atoms with Crippen LogP contribution in [0.25, 0.3) is 10.8 Å². The second kappa shape index (κ2) is 5.63. The average Bonchev–Trinajstić information content (AvgIpc) is 2.43. The van der Waals surface area contributed by atoms with E-state index in [-0.39, 0.29) is 22.1 Å². The molecule has 22 heavy (non-hydrogen) atoms. The number of benzene rings is 2. The van der Waals surface area contributed by atoms with Crippen molar-refractivity contribution in [1.29, 1.82) is 0 Å². The topological polar surface area (TPSA) is 69.4 Å². The standard InChI is InChI=1S/C14H10F3NO4/c1-22-12-6-5-8-9(11(19)7-18(20)21)3-2-4-10(8)13(12)14(15,16)17/h2-6H,7H2,1H3. The minimum atomic E-state index is -4.68. The average molecular weight is 313 g/mol. The van der Waals surface area contributed by atoms with Crippen molar-refractivity contribution in [2.75, 3.05) is 13.7 Å². The maximum atomic E-state index is 13.2. The van der Waals surface area contributed by atoms with Gasteiger partial charge in [-0.1, -0.05) is 18.2 Å².